The van der Waals surface area contributed by atoms with Gasteiger partial charge in [-0.05, 0) is 67.7 Å². The number of nitrogens with one attached hydrogen (secondary N) is 2. The van der Waals surface area contributed by atoms with Gasteiger partial charge in [0.15, 0.2) is 0 Å². The van der Waals surface area contributed by atoms with Crippen LogP contribution in [0.2, 0.25) is 5.02 Å². The lowest BCUT2D eigenvalue weighted by molar-refractivity contribution is 0.102. The van der Waals surface area contributed by atoms with Gasteiger partial charge in [0.1, 0.15) is 5.82 Å². The molecule has 3 aromatic rings. The molecule has 0 saturated carbocycles. The Morgan fingerprint density at radius 1 is 0.909 bits per heavy atom. The van der Waals surface area contributed by atoms with Crippen LogP contribution in [0.5, 0.6) is 0 Å². The molecule has 1 saturated heterocycles. The predicted molar refractivity (Wildman–Crippen MR) is 131 cm³/mol. The number of anilines is 3. The van der Waals surface area contributed by atoms with Crippen LogP contribution in [-0.4, -0.2) is 57.4 Å². The first-order valence-corrected chi connectivity index (χ1v) is 12.3. The summed E-state index contributed by atoms with van der Waals surface area (Å²) in [5.41, 5.74) is 1.30. The zero-order chi connectivity index (χ0) is 23.4. The Bertz CT molecular complexity index is 1210. The van der Waals surface area contributed by atoms with E-state index in [0.29, 0.717) is 22.0 Å². The number of likely N-dealkylation sites (N-methyl/N-ethyl adjacent to an activating group) is 1. The standard InChI is InChI=1S/C23H24ClN5O3S/c1-28-12-14-29(15-13-28)22-11-8-20(16-25-22)26-23(30)17-2-9-21(10-3-17)33(31,32)27-19-6-4-18(24)5-7-19/h2-11,16,27H,12-15H2,1H3,(H,26,30). The molecule has 1 amide bonds. The third-order valence-electron chi connectivity index (χ3n) is 5.36. The van der Waals surface area contributed by atoms with Crippen LogP contribution in [0.1, 0.15) is 10.4 Å². The molecule has 4 rings (SSSR count). The van der Waals surface area contributed by atoms with Crippen LogP contribution in [0.4, 0.5) is 17.2 Å². The number of piperazine rings is 1. The molecular weight excluding hydrogens is 462 g/mol. The molecule has 0 bridgehead atoms. The van der Waals surface area contributed by atoms with Gasteiger partial charge >= 0.3 is 0 Å². The second kappa shape index (κ2) is 9.78. The molecule has 10 heteroatoms. The van der Waals surface area contributed by atoms with Gasteiger partial charge in [0.2, 0.25) is 0 Å². The van der Waals surface area contributed by atoms with Gasteiger partial charge in [-0.3, -0.25) is 9.52 Å². The van der Waals surface area contributed by atoms with E-state index in [-0.39, 0.29) is 10.8 Å². The summed E-state index contributed by atoms with van der Waals surface area (Å²) in [5, 5.41) is 3.30. The number of rotatable bonds is 6. The quantitative estimate of drug-likeness (QED) is 0.554. The molecule has 33 heavy (non-hydrogen) atoms. The summed E-state index contributed by atoms with van der Waals surface area (Å²) in [4.78, 5) is 21.6. The largest absolute Gasteiger partial charge is 0.354 e. The SMILES string of the molecule is CN1CCN(c2ccc(NC(=O)c3ccc(S(=O)(=O)Nc4ccc(Cl)cc4)cc3)cn2)CC1. The van der Waals surface area contributed by atoms with Gasteiger partial charge in [-0.15, -0.1) is 0 Å². The van der Waals surface area contributed by atoms with E-state index < -0.39 is 10.0 Å². The minimum absolute atomic E-state index is 0.0483. The van der Waals surface area contributed by atoms with E-state index >= 15 is 0 Å². The fourth-order valence-electron chi connectivity index (χ4n) is 3.40. The molecule has 0 radical (unpaired) electrons. The van der Waals surface area contributed by atoms with Crippen LogP contribution in [0.15, 0.2) is 71.8 Å². The molecule has 1 fully saturated rings. The number of amides is 1. The number of halogens is 1. The zero-order valence-corrected chi connectivity index (χ0v) is 19.6. The zero-order valence-electron chi connectivity index (χ0n) is 18.0. The number of hydrogen-bond acceptors (Lipinski definition) is 6. The van der Waals surface area contributed by atoms with Crippen LogP contribution in [0.25, 0.3) is 0 Å². The molecular formula is C23H24ClN5O3S. The van der Waals surface area contributed by atoms with Gasteiger partial charge in [0.05, 0.1) is 16.8 Å². The Labute approximate surface area is 198 Å². The molecule has 0 spiro atoms. The van der Waals surface area contributed by atoms with Crippen LogP contribution in [0, 0.1) is 0 Å². The van der Waals surface area contributed by atoms with Crippen LogP contribution < -0.4 is 14.9 Å². The van der Waals surface area contributed by atoms with Gasteiger partial charge in [-0.25, -0.2) is 13.4 Å². The van der Waals surface area contributed by atoms with E-state index in [9.17, 15) is 13.2 Å². The molecule has 0 atom stereocenters. The molecule has 8 nitrogen and oxygen atoms in total. The van der Waals surface area contributed by atoms with E-state index in [2.05, 4.69) is 31.9 Å². The van der Waals surface area contributed by atoms with E-state index in [4.69, 9.17) is 11.6 Å². The van der Waals surface area contributed by atoms with Gasteiger partial charge in [0, 0.05) is 42.5 Å². The number of carbonyl (C=O) groups excluding carboxylic acids is 1. The highest BCUT2D eigenvalue weighted by Crippen LogP contribution is 2.20. The van der Waals surface area contributed by atoms with Gasteiger partial charge < -0.3 is 15.1 Å². The molecule has 1 aliphatic heterocycles. The maximum absolute atomic E-state index is 12.6. The molecule has 0 aliphatic carbocycles. The fraction of sp³-hybridized carbons (Fsp3) is 0.217. The maximum Gasteiger partial charge on any atom is 0.261 e. The maximum atomic E-state index is 12.6. The van der Waals surface area contributed by atoms with Crippen LogP contribution in [0.3, 0.4) is 0 Å². The van der Waals surface area contributed by atoms with Crippen molar-refractivity contribution in [3.63, 3.8) is 0 Å². The number of hydrogen-bond donors (Lipinski definition) is 2. The highest BCUT2D eigenvalue weighted by molar-refractivity contribution is 7.92. The predicted octanol–water partition coefficient (Wildman–Crippen LogP) is 3.54. The lowest BCUT2D eigenvalue weighted by atomic mass is 10.2. The summed E-state index contributed by atoms with van der Waals surface area (Å²) in [5.74, 6) is 0.530. The van der Waals surface area contributed by atoms with Gasteiger partial charge in [-0.1, -0.05) is 11.6 Å². The number of sulfonamides is 1. The Hall–Kier alpha value is -3.14. The number of aromatic nitrogens is 1. The highest BCUT2D eigenvalue weighted by atomic mass is 35.5. The van der Waals surface area contributed by atoms with Crippen molar-refractivity contribution in [2.75, 3.05) is 48.2 Å². The number of carbonyl (C=O) groups is 1. The molecule has 1 aliphatic rings. The van der Waals surface area contributed by atoms with Gasteiger partial charge in [0.25, 0.3) is 15.9 Å². The van der Waals surface area contributed by atoms with Crippen molar-refractivity contribution in [1.82, 2.24) is 9.88 Å². The number of benzene rings is 2. The molecule has 2 aromatic carbocycles. The summed E-state index contributed by atoms with van der Waals surface area (Å²) >= 11 is 5.83. The number of nitrogens with zero attached hydrogens (tertiary/aromatic N) is 3. The van der Waals surface area contributed by atoms with Crippen molar-refractivity contribution in [2.45, 2.75) is 4.90 Å². The van der Waals surface area contributed by atoms with Crippen molar-refractivity contribution in [2.24, 2.45) is 0 Å². The Morgan fingerprint density at radius 3 is 2.15 bits per heavy atom. The average Bonchev–Trinajstić information content (AvgIpc) is 2.82. The van der Waals surface area contributed by atoms with Crippen molar-refractivity contribution >= 4 is 44.7 Å². The molecule has 2 heterocycles. The number of pyridine rings is 1. The first-order chi connectivity index (χ1) is 15.8. The van der Waals surface area contributed by atoms with E-state index in [0.717, 1.165) is 32.0 Å². The first kappa shape index (κ1) is 23.0. The monoisotopic (exact) mass is 485 g/mol. The summed E-state index contributed by atoms with van der Waals surface area (Å²) in [6, 6.07) is 15.8. The normalized spacial score (nSPS) is 14.7. The first-order valence-electron chi connectivity index (χ1n) is 10.4. The van der Waals surface area contributed by atoms with Crippen molar-refractivity contribution < 1.29 is 13.2 Å². The summed E-state index contributed by atoms with van der Waals surface area (Å²) < 4.78 is 27.6. The summed E-state index contributed by atoms with van der Waals surface area (Å²) in [6.45, 7) is 3.80. The molecule has 172 valence electrons. The minimum atomic E-state index is -3.79. The smallest absolute Gasteiger partial charge is 0.261 e. The van der Waals surface area contributed by atoms with Crippen molar-refractivity contribution in [3.8, 4) is 0 Å². The minimum Gasteiger partial charge on any atom is -0.354 e. The summed E-state index contributed by atoms with van der Waals surface area (Å²) in [7, 11) is -1.69. The van der Waals surface area contributed by atoms with Crippen molar-refractivity contribution in [3.05, 3.63) is 77.4 Å². The third kappa shape index (κ3) is 5.81. The third-order valence-corrected chi connectivity index (χ3v) is 7.01. The molecule has 0 unspecified atom stereocenters. The Balaban J connectivity index is 1.38. The Kier molecular flexibility index (Phi) is 6.83. The topological polar surface area (TPSA) is 94.6 Å². The fourth-order valence-corrected chi connectivity index (χ4v) is 4.59. The van der Waals surface area contributed by atoms with Crippen molar-refractivity contribution in [1.29, 1.82) is 0 Å². The second-order valence-electron chi connectivity index (χ2n) is 7.79. The van der Waals surface area contributed by atoms with Gasteiger partial charge in [-0.2, -0.15) is 0 Å². The van der Waals surface area contributed by atoms with Crippen LogP contribution >= 0.6 is 11.6 Å². The lowest BCUT2D eigenvalue weighted by Crippen LogP contribution is -2.44. The average molecular weight is 486 g/mol. The van der Waals surface area contributed by atoms with E-state index in [1.165, 1.54) is 24.3 Å². The van der Waals surface area contributed by atoms with E-state index in [1.807, 2.05) is 12.1 Å². The summed E-state index contributed by atoms with van der Waals surface area (Å²) in [6.07, 6.45) is 1.63. The lowest BCUT2D eigenvalue weighted by Gasteiger charge is -2.33. The second-order valence-corrected chi connectivity index (χ2v) is 9.91. The molecule has 2 N–H and O–H groups in total. The Morgan fingerprint density at radius 2 is 1.55 bits per heavy atom. The highest BCUT2D eigenvalue weighted by Gasteiger charge is 2.17. The molecule has 1 aromatic heterocycles. The van der Waals surface area contributed by atoms with Crippen LogP contribution in [-0.2, 0) is 10.0 Å². The van der Waals surface area contributed by atoms with E-state index in [1.54, 1.807) is 30.5 Å².